The number of rotatable bonds is 6. The summed E-state index contributed by atoms with van der Waals surface area (Å²) in [5, 5.41) is 5.65. The molecule has 0 saturated heterocycles. The van der Waals surface area contributed by atoms with Gasteiger partial charge in [0.25, 0.3) is 0 Å². The summed E-state index contributed by atoms with van der Waals surface area (Å²) < 4.78 is 0. The van der Waals surface area contributed by atoms with Crippen molar-refractivity contribution in [2.45, 2.75) is 13.5 Å². The van der Waals surface area contributed by atoms with Gasteiger partial charge in [-0.1, -0.05) is 6.07 Å². The van der Waals surface area contributed by atoms with Gasteiger partial charge in [-0.15, -0.1) is 0 Å². The van der Waals surface area contributed by atoms with Gasteiger partial charge in [0.15, 0.2) is 0 Å². The van der Waals surface area contributed by atoms with E-state index in [0.29, 0.717) is 25.2 Å². The minimum Gasteiger partial charge on any atom is -0.366 e. The number of hydrogen-bond donors (Lipinski definition) is 4. The number of nitrogens with two attached hydrogens (primary N) is 2. The van der Waals surface area contributed by atoms with E-state index in [1.807, 2.05) is 13.0 Å². The molecule has 0 spiro atoms. The van der Waals surface area contributed by atoms with Gasteiger partial charge in [-0.25, -0.2) is 4.79 Å². The van der Waals surface area contributed by atoms with Crippen molar-refractivity contribution in [3.63, 3.8) is 0 Å². The molecule has 6 heteroatoms. The molecule has 0 saturated carbocycles. The average molecular weight is 250 g/mol. The van der Waals surface area contributed by atoms with Crippen LogP contribution in [0.15, 0.2) is 18.2 Å². The molecule has 0 atom stereocenters. The highest BCUT2D eigenvalue weighted by atomic mass is 16.2. The van der Waals surface area contributed by atoms with Crippen molar-refractivity contribution in [1.29, 1.82) is 0 Å². The summed E-state index contributed by atoms with van der Waals surface area (Å²) in [6, 6.07) is 4.80. The Labute approximate surface area is 106 Å². The molecular formula is C12H18N4O2. The van der Waals surface area contributed by atoms with Crippen LogP contribution in [0.2, 0.25) is 0 Å². The first-order valence-corrected chi connectivity index (χ1v) is 5.64. The SMILES string of the molecule is Cc1cc(C(N)=O)ccc1CNCCNC(N)=O. The quantitative estimate of drug-likeness (QED) is 0.527. The Morgan fingerprint density at radius 1 is 1.22 bits per heavy atom. The summed E-state index contributed by atoms with van der Waals surface area (Å²) in [4.78, 5) is 21.4. The fraction of sp³-hybridized carbons (Fsp3) is 0.333. The Morgan fingerprint density at radius 3 is 2.50 bits per heavy atom. The molecule has 0 aliphatic carbocycles. The monoisotopic (exact) mass is 250 g/mol. The van der Waals surface area contributed by atoms with Crippen LogP contribution < -0.4 is 22.1 Å². The summed E-state index contributed by atoms with van der Waals surface area (Å²) >= 11 is 0. The molecule has 0 aliphatic rings. The minimum atomic E-state index is -0.529. The lowest BCUT2D eigenvalue weighted by atomic mass is 10.0. The largest absolute Gasteiger partial charge is 0.366 e. The van der Waals surface area contributed by atoms with E-state index < -0.39 is 11.9 Å². The van der Waals surface area contributed by atoms with Crippen molar-refractivity contribution in [3.05, 3.63) is 34.9 Å². The molecule has 1 aromatic rings. The zero-order chi connectivity index (χ0) is 13.5. The fourth-order valence-electron chi connectivity index (χ4n) is 1.54. The molecule has 0 aliphatic heterocycles. The van der Waals surface area contributed by atoms with Crippen LogP contribution in [0.25, 0.3) is 0 Å². The van der Waals surface area contributed by atoms with Crippen LogP contribution in [-0.4, -0.2) is 25.0 Å². The number of nitrogens with one attached hydrogen (secondary N) is 2. The lowest BCUT2D eigenvalue weighted by molar-refractivity contribution is 0.1000. The zero-order valence-corrected chi connectivity index (χ0v) is 10.3. The number of benzene rings is 1. The first-order valence-electron chi connectivity index (χ1n) is 5.64. The van der Waals surface area contributed by atoms with E-state index in [2.05, 4.69) is 10.6 Å². The maximum atomic E-state index is 11.0. The van der Waals surface area contributed by atoms with E-state index in [0.717, 1.165) is 11.1 Å². The van der Waals surface area contributed by atoms with Crippen LogP contribution in [0.1, 0.15) is 21.5 Å². The molecule has 1 aromatic carbocycles. The predicted octanol–water partition coefficient (Wildman–Crippen LogP) is -0.148. The molecule has 1 rings (SSSR count). The third kappa shape index (κ3) is 4.42. The van der Waals surface area contributed by atoms with Crippen LogP contribution in [0, 0.1) is 6.92 Å². The van der Waals surface area contributed by atoms with Crippen LogP contribution in [0.4, 0.5) is 4.79 Å². The summed E-state index contributed by atoms with van der Waals surface area (Å²) in [5.41, 5.74) is 12.7. The summed E-state index contributed by atoms with van der Waals surface area (Å²) in [6.45, 7) is 3.68. The number of aryl methyl sites for hydroxylation is 1. The Balaban J connectivity index is 2.43. The Morgan fingerprint density at radius 2 is 1.94 bits per heavy atom. The minimum absolute atomic E-state index is 0.428. The molecule has 6 nitrogen and oxygen atoms in total. The topological polar surface area (TPSA) is 110 Å². The van der Waals surface area contributed by atoms with Crippen LogP contribution in [0.5, 0.6) is 0 Å². The zero-order valence-electron chi connectivity index (χ0n) is 10.3. The molecular weight excluding hydrogens is 232 g/mol. The van der Waals surface area contributed by atoms with E-state index in [4.69, 9.17) is 11.5 Å². The maximum absolute atomic E-state index is 11.0. The molecule has 18 heavy (non-hydrogen) atoms. The van der Waals surface area contributed by atoms with E-state index in [9.17, 15) is 9.59 Å². The first kappa shape index (κ1) is 14.0. The highest BCUT2D eigenvalue weighted by molar-refractivity contribution is 5.93. The van der Waals surface area contributed by atoms with Crippen molar-refractivity contribution >= 4 is 11.9 Å². The fourth-order valence-corrected chi connectivity index (χ4v) is 1.54. The molecule has 0 aromatic heterocycles. The normalized spacial score (nSPS) is 10.1. The number of amides is 3. The highest BCUT2D eigenvalue weighted by Crippen LogP contribution is 2.10. The molecule has 0 radical (unpaired) electrons. The molecule has 0 heterocycles. The molecule has 98 valence electrons. The summed E-state index contributed by atoms with van der Waals surface area (Å²) in [6.07, 6.45) is 0. The second-order valence-electron chi connectivity index (χ2n) is 3.97. The number of carbonyl (C=O) groups excluding carboxylic acids is 2. The van der Waals surface area contributed by atoms with Gasteiger partial charge in [-0.05, 0) is 30.2 Å². The predicted molar refractivity (Wildman–Crippen MR) is 69.0 cm³/mol. The number of hydrogen-bond acceptors (Lipinski definition) is 3. The van der Waals surface area contributed by atoms with Crippen molar-refractivity contribution in [3.8, 4) is 0 Å². The Bertz CT molecular complexity index is 446. The average Bonchev–Trinajstić information content (AvgIpc) is 2.29. The van der Waals surface area contributed by atoms with Gasteiger partial charge in [0.05, 0.1) is 0 Å². The maximum Gasteiger partial charge on any atom is 0.312 e. The van der Waals surface area contributed by atoms with Gasteiger partial charge in [-0.2, -0.15) is 0 Å². The van der Waals surface area contributed by atoms with E-state index in [1.54, 1.807) is 12.1 Å². The first-order chi connectivity index (χ1) is 8.50. The number of urea groups is 1. The van der Waals surface area contributed by atoms with Crippen molar-refractivity contribution < 1.29 is 9.59 Å². The summed E-state index contributed by atoms with van der Waals surface area (Å²) in [7, 11) is 0. The summed E-state index contributed by atoms with van der Waals surface area (Å²) in [5.74, 6) is -0.428. The molecule has 3 amide bonds. The lowest BCUT2D eigenvalue weighted by Crippen LogP contribution is -2.35. The molecule has 0 unspecified atom stereocenters. The molecule has 0 fully saturated rings. The van der Waals surface area contributed by atoms with Gasteiger partial charge in [0, 0.05) is 25.2 Å². The van der Waals surface area contributed by atoms with E-state index >= 15 is 0 Å². The third-order valence-corrected chi connectivity index (χ3v) is 2.54. The second-order valence-corrected chi connectivity index (χ2v) is 3.97. The van der Waals surface area contributed by atoms with Crippen molar-refractivity contribution in [2.24, 2.45) is 11.5 Å². The van der Waals surface area contributed by atoms with Crippen LogP contribution in [0.3, 0.4) is 0 Å². The number of primary amides is 2. The van der Waals surface area contributed by atoms with Gasteiger partial charge >= 0.3 is 6.03 Å². The van der Waals surface area contributed by atoms with Gasteiger partial charge in [0.1, 0.15) is 0 Å². The second kappa shape index (κ2) is 6.61. The Hall–Kier alpha value is -2.08. The Kier molecular flexibility index (Phi) is 5.13. The van der Waals surface area contributed by atoms with E-state index in [1.165, 1.54) is 0 Å². The smallest absolute Gasteiger partial charge is 0.312 e. The number of carbonyl (C=O) groups is 2. The van der Waals surface area contributed by atoms with Crippen LogP contribution >= 0.6 is 0 Å². The third-order valence-electron chi connectivity index (χ3n) is 2.54. The van der Waals surface area contributed by atoms with Crippen molar-refractivity contribution in [1.82, 2.24) is 10.6 Å². The molecule has 6 N–H and O–H groups in total. The molecule has 0 bridgehead atoms. The lowest BCUT2D eigenvalue weighted by Gasteiger charge is -2.09. The van der Waals surface area contributed by atoms with Gasteiger partial charge in [-0.3, -0.25) is 4.79 Å². The van der Waals surface area contributed by atoms with Crippen LogP contribution in [-0.2, 0) is 6.54 Å². The highest BCUT2D eigenvalue weighted by Gasteiger charge is 2.03. The van der Waals surface area contributed by atoms with Gasteiger partial charge < -0.3 is 22.1 Å². The van der Waals surface area contributed by atoms with Crippen molar-refractivity contribution in [2.75, 3.05) is 13.1 Å². The standard InChI is InChI=1S/C12H18N4O2/c1-8-6-9(11(13)17)2-3-10(8)7-15-4-5-16-12(14)18/h2-3,6,15H,4-5,7H2,1H3,(H2,13,17)(H3,14,16,18). The van der Waals surface area contributed by atoms with Gasteiger partial charge in [0.2, 0.25) is 5.91 Å². The van der Waals surface area contributed by atoms with E-state index in [-0.39, 0.29) is 0 Å².